The first-order valence-electron chi connectivity index (χ1n) is 6.44. The number of rotatable bonds is 6. The molecule has 0 aliphatic heterocycles. The lowest BCUT2D eigenvalue weighted by Gasteiger charge is -2.08. The van der Waals surface area contributed by atoms with Crippen molar-refractivity contribution < 1.29 is 27.2 Å². The van der Waals surface area contributed by atoms with Gasteiger partial charge in [-0.25, -0.2) is 5.43 Å². The van der Waals surface area contributed by atoms with Gasteiger partial charge < -0.3 is 9.32 Å². The molecule has 0 aromatic carbocycles. The molecule has 0 bridgehead atoms. The highest BCUT2D eigenvalue weighted by molar-refractivity contribution is 6.11. The maximum absolute atomic E-state index is 12.4. The van der Waals surface area contributed by atoms with E-state index in [4.69, 9.17) is 9.68 Å². The van der Waals surface area contributed by atoms with Gasteiger partial charge in [-0.3, -0.25) is 9.59 Å². The molecular weight excluding hydrogens is 329 g/mol. The van der Waals surface area contributed by atoms with Crippen molar-refractivity contribution in [3.05, 3.63) is 35.9 Å². The van der Waals surface area contributed by atoms with E-state index in [1.165, 1.54) is 29.5 Å². The van der Waals surface area contributed by atoms with Gasteiger partial charge in [0.1, 0.15) is 23.1 Å². The van der Waals surface area contributed by atoms with E-state index >= 15 is 0 Å². The van der Waals surface area contributed by atoms with Crippen LogP contribution in [0.15, 0.2) is 39.7 Å². The van der Waals surface area contributed by atoms with Gasteiger partial charge in [0.2, 0.25) is 5.78 Å². The van der Waals surface area contributed by atoms with E-state index in [0.717, 1.165) is 0 Å². The number of hydrazone groups is 1. The molecular formula is C14H13F3N4O3. The predicted octanol–water partition coefficient (Wildman–Crippen LogP) is 1.59. The molecule has 0 aliphatic rings. The lowest BCUT2D eigenvalue weighted by atomic mass is 10.1. The first-order chi connectivity index (χ1) is 11.1. The Morgan fingerprint density at radius 3 is 2.58 bits per heavy atom. The Kier molecular flexibility index (Phi) is 6.29. The first kappa shape index (κ1) is 19.0. The molecule has 1 aromatic rings. The van der Waals surface area contributed by atoms with Gasteiger partial charge in [-0.15, -0.1) is 0 Å². The molecule has 0 fully saturated rings. The maximum Gasteiger partial charge on any atom is 0.450 e. The van der Waals surface area contributed by atoms with Gasteiger partial charge in [0.05, 0.1) is 12.7 Å². The van der Waals surface area contributed by atoms with E-state index in [9.17, 15) is 22.8 Å². The predicted molar refractivity (Wildman–Crippen MR) is 76.4 cm³/mol. The Hall–Kier alpha value is -3.09. The molecule has 0 saturated heterocycles. The number of carbonyl (C=O) groups excluding carboxylic acids is 2. The minimum absolute atomic E-state index is 0.108. The highest BCUT2D eigenvalue weighted by Gasteiger charge is 2.39. The summed E-state index contributed by atoms with van der Waals surface area (Å²) in [5.74, 6) is -3.09. The van der Waals surface area contributed by atoms with Crippen LogP contribution in [-0.2, 0) is 9.59 Å². The number of furan rings is 1. The fourth-order valence-electron chi connectivity index (χ4n) is 1.45. The van der Waals surface area contributed by atoms with Crippen LogP contribution in [0.1, 0.15) is 12.2 Å². The molecule has 1 rings (SSSR count). The molecule has 0 aliphatic carbocycles. The number of carbonyl (C=O) groups is 2. The molecule has 24 heavy (non-hydrogen) atoms. The van der Waals surface area contributed by atoms with E-state index in [1.807, 2.05) is 5.43 Å². The van der Waals surface area contributed by atoms with Crippen molar-refractivity contribution in [1.29, 1.82) is 5.26 Å². The summed E-state index contributed by atoms with van der Waals surface area (Å²) < 4.78 is 42.1. The van der Waals surface area contributed by atoms with Crippen LogP contribution in [0.5, 0.6) is 0 Å². The number of amides is 1. The Labute approximate surface area is 135 Å². The highest BCUT2D eigenvalue weighted by Crippen LogP contribution is 2.19. The number of nitrogens with zero attached hydrogens (tertiary/aromatic N) is 3. The largest absolute Gasteiger partial charge is 0.463 e. The molecule has 1 N–H and O–H groups in total. The zero-order valence-electron chi connectivity index (χ0n) is 12.7. The van der Waals surface area contributed by atoms with Crippen molar-refractivity contribution in [3.63, 3.8) is 0 Å². The van der Waals surface area contributed by atoms with Crippen LogP contribution in [0.3, 0.4) is 0 Å². The van der Waals surface area contributed by atoms with Gasteiger partial charge in [-0.2, -0.15) is 23.5 Å². The second-order valence-electron chi connectivity index (χ2n) is 4.69. The zero-order valence-corrected chi connectivity index (χ0v) is 12.7. The smallest absolute Gasteiger partial charge is 0.450 e. The van der Waals surface area contributed by atoms with Crippen molar-refractivity contribution in [3.8, 4) is 6.07 Å². The second kappa shape index (κ2) is 7.96. The third kappa shape index (κ3) is 5.60. The highest BCUT2D eigenvalue weighted by atomic mass is 19.4. The van der Waals surface area contributed by atoms with Crippen molar-refractivity contribution in [2.24, 2.45) is 5.10 Å². The van der Waals surface area contributed by atoms with Crippen LogP contribution >= 0.6 is 0 Å². The molecule has 10 heteroatoms. The Bertz CT molecular complexity index is 698. The average Bonchev–Trinajstić information content (AvgIpc) is 3.01. The molecule has 0 radical (unpaired) electrons. The van der Waals surface area contributed by atoms with E-state index in [1.54, 1.807) is 20.2 Å². The van der Waals surface area contributed by atoms with Crippen molar-refractivity contribution >= 4 is 17.4 Å². The third-order valence-corrected chi connectivity index (χ3v) is 2.49. The number of ketones is 1. The number of hydrogen-bond acceptors (Lipinski definition) is 6. The molecule has 7 nitrogen and oxygen atoms in total. The van der Waals surface area contributed by atoms with E-state index < -0.39 is 30.0 Å². The van der Waals surface area contributed by atoms with Gasteiger partial charge >= 0.3 is 6.18 Å². The average molecular weight is 342 g/mol. The molecule has 0 atom stereocenters. The summed E-state index contributed by atoms with van der Waals surface area (Å²) in [6, 6.07) is 4.30. The maximum atomic E-state index is 12.4. The Balaban J connectivity index is 3.00. The van der Waals surface area contributed by atoms with Crippen LogP contribution in [0.2, 0.25) is 0 Å². The van der Waals surface area contributed by atoms with Crippen LogP contribution in [0.4, 0.5) is 13.2 Å². The van der Waals surface area contributed by atoms with Crippen LogP contribution in [0, 0.1) is 11.3 Å². The minimum Gasteiger partial charge on any atom is -0.463 e. The molecule has 0 saturated carbocycles. The zero-order chi connectivity index (χ0) is 18.3. The summed E-state index contributed by atoms with van der Waals surface area (Å²) in [7, 11) is 3.15. The van der Waals surface area contributed by atoms with Gasteiger partial charge in [-0.05, 0) is 12.1 Å². The first-order valence-corrected chi connectivity index (χ1v) is 6.44. The topological polar surface area (TPSA) is 98.7 Å². The Morgan fingerprint density at radius 2 is 2.12 bits per heavy atom. The summed E-state index contributed by atoms with van der Waals surface area (Å²) >= 11 is 0. The fourth-order valence-corrected chi connectivity index (χ4v) is 1.45. The number of hydrogen-bond donors (Lipinski definition) is 1. The molecule has 128 valence electrons. The third-order valence-electron chi connectivity index (χ3n) is 2.49. The fraction of sp³-hybridized carbons (Fsp3) is 0.286. The molecule has 1 aromatic heterocycles. The quantitative estimate of drug-likeness (QED) is 0.366. The normalized spacial score (nSPS) is 12.5. The van der Waals surface area contributed by atoms with E-state index in [-0.39, 0.29) is 11.3 Å². The van der Waals surface area contributed by atoms with Gasteiger partial charge in [-0.1, -0.05) is 0 Å². The number of nitrogens with one attached hydrogen (secondary N) is 1. The minimum atomic E-state index is -5.04. The summed E-state index contributed by atoms with van der Waals surface area (Å²) in [4.78, 5) is 24.3. The molecule has 0 unspecified atom stereocenters. The lowest BCUT2D eigenvalue weighted by Crippen LogP contribution is -2.28. The van der Waals surface area contributed by atoms with Crippen LogP contribution < -0.4 is 5.43 Å². The number of alkyl halides is 3. The summed E-state index contributed by atoms with van der Waals surface area (Å²) in [5.41, 5.74) is 1.20. The van der Waals surface area contributed by atoms with Crippen molar-refractivity contribution in [2.75, 3.05) is 14.1 Å². The lowest BCUT2D eigenvalue weighted by molar-refractivity contribution is -0.169. The summed E-state index contributed by atoms with van der Waals surface area (Å²) in [6.07, 6.45) is -3.77. The summed E-state index contributed by atoms with van der Waals surface area (Å²) in [5, 5.41) is 12.4. The van der Waals surface area contributed by atoms with Gasteiger partial charge in [0, 0.05) is 20.3 Å². The summed E-state index contributed by atoms with van der Waals surface area (Å²) in [6.45, 7) is 0. The standard InChI is InChI=1S/C14H13F3N4O3/c1-21(2)8-9(7-18)13(23)20-19-10(11-4-3-5-24-11)6-12(22)14(15,16)17/h3-5,8H,6H2,1-2H3,(H,20,23). The number of Topliss-reactive ketones (excluding diaryl/α,β-unsaturated/α-hetero) is 1. The van der Waals surface area contributed by atoms with Gasteiger partial charge in [0.15, 0.2) is 0 Å². The van der Waals surface area contributed by atoms with Crippen LogP contribution in [-0.4, -0.2) is 42.6 Å². The second-order valence-corrected chi connectivity index (χ2v) is 4.69. The van der Waals surface area contributed by atoms with E-state index in [0.29, 0.717) is 0 Å². The molecule has 1 amide bonds. The van der Waals surface area contributed by atoms with Crippen LogP contribution in [0.25, 0.3) is 0 Å². The van der Waals surface area contributed by atoms with Gasteiger partial charge in [0.25, 0.3) is 5.91 Å². The van der Waals surface area contributed by atoms with E-state index in [2.05, 4.69) is 5.10 Å². The van der Waals surface area contributed by atoms with Crippen molar-refractivity contribution in [2.45, 2.75) is 12.6 Å². The Morgan fingerprint density at radius 1 is 1.46 bits per heavy atom. The molecule has 0 spiro atoms. The number of halogens is 3. The molecule has 1 heterocycles. The van der Waals surface area contributed by atoms with Crippen molar-refractivity contribution in [1.82, 2.24) is 10.3 Å². The SMILES string of the molecule is CN(C)C=C(C#N)C(=O)NN=C(CC(=O)C(F)(F)F)c1ccco1. The number of nitriles is 1. The monoisotopic (exact) mass is 342 g/mol.